The fourth-order valence-electron chi connectivity index (χ4n) is 1.66. The van der Waals surface area contributed by atoms with Gasteiger partial charge in [-0.25, -0.2) is 13.4 Å². The summed E-state index contributed by atoms with van der Waals surface area (Å²) in [6, 6.07) is 6.20. The zero-order chi connectivity index (χ0) is 14.9. The number of hydrogen-bond donors (Lipinski definition) is 2. The van der Waals surface area contributed by atoms with Crippen molar-refractivity contribution in [2.45, 2.75) is 18.7 Å². The van der Waals surface area contributed by atoms with Gasteiger partial charge < -0.3 is 5.73 Å². The number of anilines is 2. The zero-order valence-electron chi connectivity index (χ0n) is 11.0. The average molecular weight is 312 g/mol. The lowest BCUT2D eigenvalue weighted by Gasteiger charge is -2.12. The molecule has 0 radical (unpaired) electrons. The first kappa shape index (κ1) is 14.6. The van der Waals surface area contributed by atoms with Crippen molar-refractivity contribution in [2.24, 2.45) is 0 Å². The topological polar surface area (TPSA) is 85.1 Å². The minimum absolute atomic E-state index is 0.112. The summed E-state index contributed by atoms with van der Waals surface area (Å²) in [6.45, 7) is 3.50. The first-order valence-electron chi connectivity index (χ1n) is 5.81. The zero-order valence-corrected chi connectivity index (χ0v) is 12.6. The maximum atomic E-state index is 12.3. The summed E-state index contributed by atoms with van der Waals surface area (Å²) in [5, 5.41) is 0.112. The predicted octanol–water partition coefficient (Wildman–Crippen LogP) is 2.73. The summed E-state index contributed by atoms with van der Waals surface area (Å²) in [5.74, 6) is 0. The number of aryl methyl sites for hydroxylation is 2. The van der Waals surface area contributed by atoms with E-state index in [0.29, 0.717) is 16.8 Å². The number of nitrogens with one attached hydrogen (secondary N) is 1. The Labute approximate surface area is 122 Å². The van der Waals surface area contributed by atoms with Gasteiger partial charge in [0.15, 0.2) is 5.15 Å². The van der Waals surface area contributed by atoms with Gasteiger partial charge in [0.05, 0.1) is 10.6 Å². The Bertz CT molecular complexity index is 740. The average Bonchev–Trinajstić information content (AvgIpc) is 2.37. The van der Waals surface area contributed by atoms with Crippen LogP contribution in [0.15, 0.2) is 35.4 Å². The molecule has 1 aromatic heterocycles. The van der Waals surface area contributed by atoms with Gasteiger partial charge in [0.1, 0.15) is 0 Å². The van der Waals surface area contributed by atoms with E-state index in [1.54, 1.807) is 26.0 Å². The maximum absolute atomic E-state index is 12.3. The highest BCUT2D eigenvalue weighted by Gasteiger charge is 2.18. The second kappa shape index (κ2) is 5.30. The number of pyridine rings is 1. The van der Waals surface area contributed by atoms with Gasteiger partial charge in [-0.2, -0.15) is 0 Å². The number of benzene rings is 1. The fourth-order valence-corrected chi connectivity index (χ4v) is 3.19. The van der Waals surface area contributed by atoms with Crippen molar-refractivity contribution in [3.05, 3.63) is 46.7 Å². The molecule has 0 aliphatic rings. The Morgan fingerprint density at radius 3 is 2.50 bits per heavy atom. The van der Waals surface area contributed by atoms with Gasteiger partial charge >= 0.3 is 0 Å². The van der Waals surface area contributed by atoms with Crippen LogP contribution in [0.4, 0.5) is 11.4 Å². The van der Waals surface area contributed by atoms with Gasteiger partial charge in [-0.1, -0.05) is 11.6 Å². The van der Waals surface area contributed by atoms with E-state index in [0.717, 1.165) is 0 Å². The lowest BCUT2D eigenvalue weighted by atomic mass is 10.2. The quantitative estimate of drug-likeness (QED) is 0.674. The Hall–Kier alpha value is -1.79. The summed E-state index contributed by atoms with van der Waals surface area (Å²) in [6.07, 6.45) is 1.52. The summed E-state index contributed by atoms with van der Waals surface area (Å²) >= 11 is 5.92. The van der Waals surface area contributed by atoms with Gasteiger partial charge in [0.25, 0.3) is 10.0 Å². The highest BCUT2D eigenvalue weighted by Crippen LogP contribution is 2.26. The van der Waals surface area contributed by atoms with Crippen LogP contribution >= 0.6 is 11.6 Å². The Morgan fingerprint density at radius 1 is 1.20 bits per heavy atom. The van der Waals surface area contributed by atoms with Crippen molar-refractivity contribution in [1.82, 2.24) is 4.98 Å². The van der Waals surface area contributed by atoms with E-state index in [-0.39, 0.29) is 15.7 Å². The van der Waals surface area contributed by atoms with E-state index in [2.05, 4.69) is 9.71 Å². The van der Waals surface area contributed by atoms with Crippen LogP contribution < -0.4 is 10.5 Å². The molecule has 0 saturated heterocycles. The van der Waals surface area contributed by atoms with Crippen LogP contribution in [0.5, 0.6) is 0 Å². The minimum Gasteiger partial charge on any atom is -0.399 e. The molecular formula is C13H14ClN3O2S. The van der Waals surface area contributed by atoms with Gasteiger partial charge in [0.2, 0.25) is 0 Å². The fraction of sp³-hybridized carbons (Fsp3) is 0.154. The number of nitrogens with two attached hydrogens (primary N) is 1. The second-order valence-electron chi connectivity index (χ2n) is 4.42. The molecule has 0 atom stereocenters. The van der Waals surface area contributed by atoms with Crippen molar-refractivity contribution in [3.8, 4) is 0 Å². The molecule has 2 aromatic rings. The Balaban J connectivity index is 2.43. The normalized spacial score (nSPS) is 11.3. The van der Waals surface area contributed by atoms with Crippen molar-refractivity contribution in [1.29, 1.82) is 0 Å². The number of aromatic nitrogens is 1. The molecule has 0 spiro atoms. The highest BCUT2D eigenvalue weighted by atomic mass is 35.5. The molecule has 7 heteroatoms. The summed E-state index contributed by atoms with van der Waals surface area (Å²) in [5.41, 5.74) is 7.90. The Morgan fingerprint density at radius 2 is 1.90 bits per heavy atom. The van der Waals surface area contributed by atoms with Crippen molar-refractivity contribution < 1.29 is 8.42 Å². The number of hydrogen-bond acceptors (Lipinski definition) is 4. The van der Waals surface area contributed by atoms with Crippen LogP contribution in [0.3, 0.4) is 0 Å². The third-order valence-electron chi connectivity index (χ3n) is 2.90. The van der Waals surface area contributed by atoms with E-state index >= 15 is 0 Å². The molecule has 0 amide bonds. The van der Waals surface area contributed by atoms with Crippen molar-refractivity contribution >= 4 is 33.0 Å². The highest BCUT2D eigenvalue weighted by molar-refractivity contribution is 7.92. The molecule has 0 bridgehead atoms. The molecule has 2 rings (SSSR count). The lowest BCUT2D eigenvalue weighted by Crippen LogP contribution is -2.14. The molecule has 20 heavy (non-hydrogen) atoms. The summed E-state index contributed by atoms with van der Waals surface area (Å²) in [7, 11) is -3.73. The number of halogens is 1. The maximum Gasteiger partial charge on any atom is 0.262 e. The number of sulfonamides is 1. The summed E-state index contributed by atoms with van der Waals surface area (Å²) < 4.78 is 27.1. The molecule has 5 nitrogen and oxygen atoms in total. The van der Waals surface area contributed by atoms with E-state index in [1.165, 1.54) is 18.3 Å². The first-order chi connectivity index (χ1) is 9.31. The molecule has 106 valence electrons. The molecule has 0 fully saturated rings. The summed E-state index contributed by atoms with van der Waals surface area (Å²) in [4.78, 5) is 4.00. The molecule has 0 unspecified atom stereocenters. The molecular weight excluding hydrogens is 298 g/mol. The van der Waals surface area contributed by atoms with E-state index in [4.69, 9.17) is 17.3 Å². The van der Waals surface area contributed by atoms with Crippen molar-refractivity contribution in [3.63, 3.8) is 0 Å². The molecule has 0 aliphatic carbocycles. The van der Waals surface area contributed by atoms with E-state index in [9.17, 15) is 8.42 Å². The third kappa shape index (κ3) is 2.86. The van der Waals surface area contributed by atoms with E-state index < -0.39 is 10.0 Å². The van der Waals surface area contributed by atoms with Crippen LogP contribution in [0.2, 0.25) is 5.15 Å². The van der Waals surface area contributed by atoms with Crippen LogP contribution in [0, 0.1) is 13.8 Å². The van der Waals surface area contributed by atoms with Crippen LogP contribution in [-0.2, 0) is 10.0 Å². The molecule has 0 aliphatic heterocycles. The second-order valence-corrected chi connectivity index (χ2v) is 6.46. The van der Waals surface area contributed by atoms with E-state index in [1.807, 2.05) is 0 Å². The van der Waals surface area contributed by atoms with Crippen LogP contribution in [0.1, 0.15) is 11.1 Å². The standard InChI is InChI=1S/C13H14ClN3O2S/c1-8-5-6-16-13(14)12(8)17-20(18,19)10-3-4-11(15)9(2)7-10/h3-7,17H,15H2,1-2H3. The molecule has 1 aromatic carbocycles. The van der Waals surface area contributed by atoms with Gasteiger partial charge in [0, 0.05) is 11.9 Å². The van der Waals surface area contributed by atoms with Crippen LogP contribution in [0.25, 0.3) is 0 Å². The van der Waals surface area contributed by atoms with Gasteiger partial charge in [-0.15, -0.1) is 0 Å². The van der Waals surface area contributed by atoms with Crippen molar-refractivity contribution in [2.75, 3.05) is 10.5 Å². The van der Waals surface area contributed by atoms with Gasteiger partial charge in [-0.05, 0) is 49.2 Å². The smallest absolute Gasteiger partial charge is 0.262 e. The molecule has 3 N–H and O–H groups in total. The van der Waals surface area contributed by atoms with Crippen LogP contribution in [-0.4, -0.2) is 13.4 Å². The largest absolute Gasteiger partial charge is 0.399 e. The Kier molecular flexibility index (Phi) is 3.87. The number of nitrogens with zero attached hydrogens (tertiary/aromatic N) is 1. The minimum atomic E-state index is -3.73. The monoisotopic (exact) mass is 311 g/mol. The predicted molar refractivity (Wildman–Crippen MR) is 80.4 cm³/mol. The third-order valence-corrected chi connectivity index (χ3v) is 4.54. The first-order valence-corrected chi connectivity index (χ1v) is 7.67. The number of nitrogen functional groups attached to an aromatic ring is 1. The SMILES string of the molecule is Cc1cc(S(=O)(=O)Nc2c(C)ccnc2Cl)ccc1N. The molecule has 0 saturated carbocycles. The van der Waals surface area contributed by atoms with Gasteiger partial charge in [-0.3, -0.25) is 4.72 Å². The lowest BCUT2D eigenvalue weighted by molar-refractivity contribution is 0.601. The number of rotatable bonds is 3. The molecule has 1 heterocycles.